The standard InChI is InChI=1S/2C13H21NO2.2C11H16F3NO2/c2*1-9(2)12(15)5-11-6-13(16)14(8-11)7-10-3-4-10;2*1-7(2)9(16)3-8-4-10(17)15(5-8)6-11(12,13)14/h2*9-11H,3-8H2,1-2H3;2*7-8H,3-6H2,1-2H3/t2*11-;2*8-/m1010/s1. The Bertz CT molecular complexity index is 1590. The van der Waals surface area contributed by atoms with Crippen molar-refractivity contribution in [3.05, 3.63) is 0 Å². The SMILES string of the molecule is CC(C)C(=O)C[C@@H]1CC(=O)N(CC(F)(F)F)C1.CC(C)C(=O)C[C@@H]1CC(=O)N(CC2CC2)C1.CC(C)C(=O)C[C@H]1CC(=O)N(CC(F)(F)F)C1.CC(C)C(=O)C[C@H]1CC(=O)N(CC2CC2)C1. The monoisotopic (exact) mass is 949 g/mol. The molecule has 0 radical (unpaired) electrons. The van der Waals surface area contributed by atoms with Gasteiger partial charge in [-0.1, -0.05) is 55.4 Å². The lowest BCUT2D eigenvalue weighted by atomic mass is 9.96. The van der Waals surface area contributed by atoms with Crippen molar-refractivity contribution in [1.29, 1.82) is 0 Å². The van der Waals surface area contributed by atoms with Crippen molar-refractivity contribution < 1.29 is 64.7 Å². The highest BCUT2D eigenvalue weighted by Crippen LogP contribution is 2.34. The summed E-state index contributed by atoms with van der Waals surface area (Å²) >= 11 is 0. The first-order valence-corrected chi connectivity index (χ1v) is 23.8. The molecule has 4 heterocycles. The molecular weight excluding hydrogens is 875 g/mol. The zero-order chi connectivity index (χ0) is 49.8. The molecule has 0 aromatic heterocycles. The second-order valence-corrected chi connectivity index (χ2v) is 20.8. The number of ketones is 4. The Hall–Kier alpha value is -3.86. The molecule has 376 valence electrons. The first-order chi connectivity index (χ1) is 30.5. The maximum absolute atomic E-state index is 12.1. The van der Waals surface area contributed by atoms with Crippen molar-refractivity contribution in [1.82, 2.24) is 19.6 Å². The third-order valence-electron chi connectivity index (χ3n) is 12.8. The summed E-state index contributed by atoms with van der Waals surface area (Å²) in [5, 5.41) is 0. The number of amides is 4. The predicted molar refractivity (Wildman–Crippen MR) is 234 cm³/mol. The van der Waals surface area contributed by atoms with E-state index in [4.69, 9.17) is 0 Å². The van der Waals surface area contributed by atoms with Crippen molar-refractivity contribution in [2.45, 2.75) is 145 Å². The van der Waals surface area contributed by atoms with Gasteiger partial charge in [0, 0.05) is 114 Å². The number of Topliss-reactive ketones (excluding diaryl/α,β-unsaturated/α-hetero) is 4. The molecule has 12 nitrogen and oxygen atoms in total. The van der Waals surface area contributed by atoms with Gasteiger partial charge in [-0.3, -0.25) is 38.4 Å². The van der Waals surface area contributed by atoms with Crippen LogP contribution in [0.3, 0.4) is 0 Å². The van der Waals surface area contributed by atoms with Crippen LogP contribution in [0.4, 0.5) is 26.3 Å². The Morgan fingerprint density at radius 3 is 0.818 bits per heavy atom. The van der Waals surface area contributed by atoms with E-state index >= 15 is 0 Å². The van der Waals surface area contributed by atoms with Gasteiger partial charge in [-0.15, -0.1) is 0 Å². The number of alkyl halides is 6. The molecule has 6 fully saturated rings. The van der Waals surface area contributed by atoms with E-state index < -0.39 is 37.3 Å². The lowest BCUT2D eigenvalue weighted by Gasteiger charge is -2.18. The third-order valence-corrected chi connectivity index (χ3v) is 12.8. The lowest BCUT2D eigenvalue weighted by Crippen LogP contribution is -2.35. The first kappa shape index (κ1) is 56.5. The summed E-state index contributed by atoms with van der Waals surface area (Å²) in [5.74, 6) is 1.55. The second kappa shape index (κ2) is 25.0. The molecule has 2 saturated carbocycles. The van der Waals surface area contributed by atoms with Gasteiger partial charge in [-0.25, -0.2) is 0 Å². The minimum absolute atomic E-state index is 0.00309. The van der Waals surface area contributed by atoms with Crippen LogP contribution in [-0.2, 0) is 38.4 Å². The van der Waals surface area contributed by atoms with Gasteiger partial charge in [0.15, 0.2) is 0 Å². The smallest absolute Gasteiger partial charge is 0.342 e. The average Bonchev–Trinajstić information content (AvgIpc) is 4.06. The molecule has 2 aliphatic carbocycles. The molecule has 4 atom stereocenters. The molecule has 0 spiro atoms. The van der Waals surface area contributed by atoms with Gasteiger partial charge in [0.25, 0.3) is 0 Å². The molecule has 66 heavy (non-hydrogen) atoms. The summed E-state index contributed by atoms with van der Waals surface area (Å²) in [6.45, 7) is 15.9. The van der Waals surface area contributed by atoms with Crippen molar-refractivity contribution in [2.24, 2.45) is 59.2 Å². The van der Waals surface area contributed by atoms with Crippen molar-refractivity contribution in [3.8, 4) is 0 Å². The normalized spacial score (nSPS) is 23.4. The number of halogens is 6. The van der Waals surface area contributed by atoms with Crippen LogP contribution in [0, 0.1) is 59.2 Å². The molecule has 0 bridgehead atoms. The Morgan fingerprint density at radius 1 is 0.409 bits per heavy atom. The molecule has 0 aromatic rings. The van der Waals surface area contributed by atoms with Crippen molar-refractivity contribution >= 4 is 46.8 Å². The zero-order valence-electron chi connectivity index (χ0n) is 40.2. The Labute approximate surface area is 386 Å². The van der Waals surface area contributed by atoms with E-state index in [1.54, 1.807) is 27.7 Å². The highest BCUT2D eigenvalue weighted by atomic mass is 19.4. The van der Waals surface area contributed by atoms with Gasteiger partial charge in [0.2, 0.25) is 23.6 Å². The summed E-state index contributed by atoms with van der Waals surface area (Å²) in [5.41, 5.74) is 0. The Kier molecular flexibility index (Phi) is 21.3. The fourth-order valence-electron chi connectivity index (χ4n) is 8.36. The lowest BCUT2D eigenvalue weighted by molar-refractivity contribution is -0.157. The van der Waals surface area contributed by atoms with Crippen LogP contribution in [0.2, 0.25) is 0 Å². The van der Waals surface area contributed by atoms with Crippen molar-refractivity contribution in [3.63, 3.8) is 0 Å². The average molecular weight is 949 g/mol. The minimum Gasteiger partial charge on any atom is -0.342 e. The van der Waals surface area contributed by atoms with Gasteiger partial charge in [0.1, 0.15) is 36.2 Å². The van der Waals surface area contributed by atoms with Gasteiger partial charge >= 0.3 is 12.4 Å². The molecule has 4 aliphatic heterocycles. The number of hydrogen-bond donors (Lipinski definition) is 0. The third kappa shape index (κ3) is 21.0. The largest absolute Gasteiger partial charge is 0.406 e. The Morgan fingerprint density at radius 2 is 0.621 bits per heavy atom. The van der Waals surface area contributed by atoms with Crippen LogP contribution in [0.15, 0.2) is 0 Å². The highest BCUT2D eigenvalue weighted by molar-refractivity contribution is 5.86. The number of nitrogens with zero attached hydrogens (tertiary/aromatic N) is 4. The molecular formula is C48H74F6N4O8. The molecule has 0 aromatic carbocycles. The maximum atomic E-state index is 12.1. The quantitative estimate of drug-likeness (QED) is 0.127. The van der Waals surface area contributed by atoms with Crippen LogP contribution in [-0.4, -0.2) is 131 Å². The highest BCUT2D eigenvalue weighted by Gasteiger charge is 2.41. The van der Waals surface area contributed by atoms with Crippen LogP contribution >= 0.6 is 0 Å². The van der Waals surface area contributed by atoms with Crippen LogP contribution in [0.25, 0.3) is 0 Å². The number of rotatable bonds is 18. The second-order valence-electron chi connectivity index (χ2n) is 20.8. The topological polar surface area (TPSA) is 150 Å². The number of hydrogen-bond acceptors (Lipinski definition) is 8. The summed E-state index contributed by atoms with van der Waals surface area (Å²) in [6.07, 6.45) is -0.791. The molecule has 0 N–H and O–H groups in total. The molecule has 4 amide bonds. The molecule has 6 rings (SSSR count). The van der Waals surface area contributed by atoms with Crippen LogP contribution in [0.1, 0.15) is 132 Å². The summed E-state index contributed by atoms with van der Waals surface area (Å²) in [4.78, 5) is 97.7. The minimum atomic E-state index is -4.37. The summed E-state index contributed by atoms with van der Waals surface area (Å²) < 4.78 is 72.8. The fraction of sp³-hybridized carbons (Fsp3) is 0.833. The van der Waals surface area contributed by atoms with Gasteiger partial charge in [-0.2, -0.15) is 26.3 Å². The number of carbonyl (C=O) groups excluding carboxylic acids is 8. The summed E-state index contributed by atoms with van der Waals surface area (Å²) in [6, 6.07) is 0. The van der Waals surface area contributed by atoms with E-state index in [2.05, 4.69) is 0 Å². The Balaban J connectivity index is 0.000000234. The number of likely N-dealkylation sites (tertiary alicyclic amines) is 4. The van der Waals surface area contributed by atoms with Gasteiger partial charge < -0.3 is 19.6 Å². The van der Waals surface area contributed by atoms with E-state index in [-0.39, 0.29) is 109 Å². The van der Waals surface area contributed by atoms with Gasteiger partial charge in [0.05, 0.1) is 0 Å². The van der Waals surface area contributed by atoms with E-state index in [9.17, 15) is 64.7 Å². The van der Waals surface area contributed by atoms with E-state index in [1.807, 2.05) is 37.5 Å². The predicted octanol–water partition coefficient (Wildman–Crippen LogP) is 7.75. The fourth-order valence-corrected chi connectivity index (χ4v) is 8.36. The first-order valence-electron chi connectivity index (χ1n) is 23.8. The molecule has 0 unspecified atom stereocenters. The zero-order valence-corrected chi connectivity index (χ0v) is 40.2. The van der Waals surface area contributed by atoms with Crippen LogP contribution < -0.4 is 0 Å². The molecule has 6 aliphatic rings. The number of carbonyl (C=O) groups is 8. The van der Waals surface area contributed by atoms with E-state index in [0.717, 1.165) is 47.8 Å². The van der Waals surface area contributed by atoms with Crippen molar-refractivity contribution in [2.75, 3.05) is 52.4 Å². The summed E-state index contributed by atoms with van der Waals surface area (Å²) in [7, 11) is 0. The maximum Gasteiger partial charge on any atom is 0.406 e. The molecule has 4 saturated heterocycles. The van der Waals surface area contributed by atoms with Gasteiger partial charge in [-0.05, 0) is 61.2 Å². The van der Waals surface area contributed by atoms with Crippen LogP contribution in [0.5, 0.6) is 0 Å². The molecule has 18 heteroatoms. The van der Waals surface area contributed by atoms with E-state index in [0.29, 0.717) is 37.2 Å². The van der Waals surface area contributed by atoms with E-state index in [1.165, 1.54) is 25.7 Å².